The molecule has 2 N–H and O–H groups in total. The van der Waals surface area contributed by atoms with Crippen molar-refractivity contribution in [3.8, 4) is 5.75 Å². The molecule has 0 heterocycles. The summed E-state index contributed by atoms with van der Waals surface area (Å²) in [6, 6.07) is 8.22. The van der Waals surface area contributed by atoms with E-state index in [1.54, 1.807) is 0 Å². The summed E-state index contributed by atoms with van der Waals surface area (Å²) in [6.45, 7) is 3.54. The van der Waals surface area contributed by atoms with Gasteiger partial charge in [0.05, 0.1) is 6.04 Å². The minimum Gasteiger partial charge on any atom is -0.492 e. The summed E-state index contributed by atoms with van der Waals surface area (Å²) >= 11 is 0. The lowest BCUT2D eigenvalue weighted by atomic mass is 10.2. The topological polar surface area (TPSA) is 38.5 Å². The first-order valence-electron chi connectivity index (χ1n) is 5.74. The number of likely N-dealkylation sites (N-methyl/N-ethyl adjacent to an activating group) is 1. The highest BCUT2D eigenvalue weighted by Gasteiger charge is 2.05. The lowest BCUT2D eigenvalue weighted by Crippen LogP contribution is -2.37. The fourth-order valence-corrected chi connectivity index (χ4v) is 1.58. The van der Waals surface area contributed by atoms with E-state index in [2.05, 4.69) is 24.0 Å². The molecule has 16 heavy (non-hydrogen) atoms. The summed E-state index contributed by atoms with van der Waals surface area (Å²) in [6.07, 6.45) is 1.03. The zero-order chi connectivity index (χ0) is 12.0. The van der Waals surface area contributed by atoms with Crippen molar-refractivity contribution in [3.05, 3.63) is 29.8 Å². The molecule has 0 fully saturated rings. The van der Waals surface area contributed by atoms with Gasteiger partial charge in [0.2, 0.25) is 0 Å². The Labute approximate surface area is 98.2 Å². The molecule has 1 atom stereocenters. The highest BCUT2D eigenvalue weighted by molar-refractivity contribution is 5.28. The number of benzene rings is 1. The van der Waals surface area contributed by atoms with Crippen LogP contribution in [0.15, 0.2) is 24.3 Å². The van der Waals surface area contributed by atoms with Crippen molar-refractivity contribution in [2.24, 2.45) is 5.73 Å². The second-order valence-electron chi connectivity index (χ2n) is 4.33. The second-order valence-corrected chi connectivity index (χ2v) is 4.33. The molecule has 3 nitrogen and oxygen atoms in total. The molecule has 0 saturated heterocycles. The number of rotatable bonds is 6. The van der Waals surface area contributed by atoms with Crippen LogP contribution in [0, 0.1) is 0 Å². The van der Waals surface area contributed by atoms with Gasteiger partial charge in [-0.3, -0.25) is 0 Å². The maximum Gasteiger partial charge on any atom is 0.119 e. The first-order valence-corrected chi connectivity index (χ1v) is 5.74. The van der Waals surface area contributed by atoms with E-state index in [1.165, 1.54) is 5.56 Å². The standard InChI is InChI=1S/C13H22N2O/c1-4-11-6-5-7-13(8-11)16-10-12(14)9-15(2)3/h5-8,12H,4,9-10,14H2,1-3H3. The third kappa shape index (κ3) is 4.64. The van der Waals surface area contributed by atoms with Gasteiger partial charge in [-0.25, -0.2) is 0 Å². The van der Waals surface area contributed by atoms with Crippen molar-refractivity contribution >= 4 is 0 Å². The maximum absolute atomic E-state index is 5.93. The van der Waals surface area contributed by atoms with Crippen LogP contribution >= 0.6 is 0 Å². The van der Waals surface area contributed by atoms with E-state index < -0.39 is 0 Å². The van der Waals surface area contributed by atoms with Gasteiger partial charge in [0, 0.05) is 6.54 Å². The fourth-order valence-electron chi connectivity index (χ4n) is 1.58. The van der Waals surface area contributed by atoms with Gasteiger partial charge in [-0.15, -0.1) is 0 Å². The van der Waals surface area contributed by atoms with Gasteiger partial charge in [0.15, 0.2) is 0 Å². The quantitative estimate of drug-likeness (QED) is 0.793. The van der Waals surface area contributed by atoms with Gasteiger partial charge >= 0.3 is 0 Å². The monoisotopic (exact) mass is 222 g/mol. The number of nitrogens with zero attached hydrogens (tertiary/aromatic N) is 1. The Morgan fingerprint density at radius 1 is 1.38 bits per heavy atom. The maximum atomic E-state index is 5.93. The second kappa shape index (κ2) is 6.51. The normalized spacial score (nSPS) is 12.8. The molecule has 0 amide bonds. The van der Waals surface area contributed by atoms with E-state index in [4.69, 9.17) is 10.5 Å². The Kier molecular flexibility index (Phi) is 5.29. The highest BCUT2D eigenvalue weighted by atomic mass is 16.5. The molecular weight excluding hydrogens is 200 g/mol. The molecule has 1 aromatic carbocycles. The Morgan fingerprint density at radius 3 is 2.75 bits per heavy atom. The lowest BCUT2D eigenvalue weighted by molar-refractivity contribution is 0.254. The van der Waals surface area contributed by atoms with Gasteiger partial charge < -0.3 is 15.4 Å². The molecule has 1 unspecified atom stereocenters. The molecule has 1 aromatic rings. The predicted octanol–water partition coefficient (Wildman–Crippen LogP) is 1.52. The molecule has 0 aliphatic heterocycles. The van der Waals surface area contributed by atoms with Gasteiger partial charge in [0.25, 0.3) is 0 Å². The summed E-state index contributed by atoms with van der Waals surface area (Å²) in [5, 5.41) is 0. The third-order valence-corrected chi connectivity index (χ3v) is 2.37. The summed E-state index contributed by atoms with van der Waals surface area (Å²) in [5.74, 6) is 0.911. The van der Waals surface area contributed by atoms with Gasteiger partial charge in [0.1, 0.15) is 12.4 Å². The summed E-state index contributed by atoms with van der Waals surface area (Å²) in [5.41, 5.74) is 7.22. The van der Waals surface area contributed by atoms with Crippen molar-refractivity contribution in [2.45, 2.75) is 19.4 Å². The molecule has 1 rings (SSSR count). The summed E-state index contributed by atoms with van der Waals surface area (Å²) < 4.78 is 5.66. The van der Waals surface area contributed by atoms with Crippen LogP contribution in [0.1, 0.15) is 12.5 Å². The molecule has 0 aliphatic carbocycles. The van der Waals surface area contributed by atoms with E-state index in [0.29, 0.717) is 6.61 Å². The highest BCUT2D eigenvalue weighted by Crippen LogP contribution is 2.13. The Bertz CT molecular complexity index is 313. The summed E-state index contributed by atoms with van der Waals surface area (Å²) in [4.78, 5) is 2.07. The predicted molar refractivity (Wildman–Crippen MR) is 67.8 cm³/mol. The van der Waals surface area contributed by atoms with Gasteiger partial charge in [-0.05, 0) is 38.2 Å². The SMILES string of the molecule is CCc1cccc(OCC(N)CN(C)C)c1. The molecule has 0 saturated carbocycles. The Hall–Kier alpha value is -1.06. The van der Waals surface area contributed by atoms with Crippen LogP contribution in [-0.2, 0) is 6.42 Å². The lowest BCUT2D eigenvalue weighted by Gasteiger charge is -2.17. The zero-order valence-electron chi connectivity index (χ0n) is 10.4. The zero-order valence-corrected chi connectivity index (χ0v) is 10.4. The van der Waals surface area contributed by atoms with Crippen LogP contribution in [0.5, 0.6) is 5.75 Å². The van der Waals surface area contributed by atoms with Crippen LogP contribution in [0.4, 0.5) is 0 Å². The molecular formula is C13H22N2O. The Balaban J connectivity index is 2.41. The average molecular weight is 222 g/mol. The summed E-state index contributed by atoms with van der Waals surface area (Å²) in [7, 11) is 4.02. The number of nitrogens with two attached hydrogens (primary N) is 1. The van der Waals surface area contributed by atoms with Crippen LogP contribution < -0.4 is 10.5 Å². The van der Waals surface area contributed by atoms with Gasteiger partial charge in [-0.1, -0.05) is 19.1 Å². The van der Waals surface area contributed by atoms with Crippen molar-refractivity contribution in [3.63, 3.8) is 0 Å². The molecule has 0 aliphatic rings. The Morgan fingerprint density at radius 2 is 2.12 bits per heavy atom. The van der Waals surface area contributed by atoms with E-state index in [9.17, 15) is 0 Å². The van der Waals surface area contributed by atoms with E-state index in [-0.39, 0.29) is 6.04 Å². The van der Waals surface area contributed by atoms with Crippen molar-refractivity contribution in [2.75, 3.05) is 27.2 Å². The van der Waals surface area contributed by atoms with Crippen LogP contribution in [-0.4, -0.2) is 38.2 Å². The van der Waals surface area contributed by atoms with Gasteiger partial charge in [-0.2, -0.15) is 0 Å². The van der Waals surface area contributed by atoms with E-state index in [0.717, 1.165) is 18.7 Å². The molecule has 0 aromatic heterocycles. The van der Waals surface area contributed by atoms with Crippen molar-refractivity contribution in [1.82, 2.24) is 4.90 Å². The number of ether oxygens (including phenoxy) is 1. The average Bonchev–Trinajstić information content (AvgIpc) is 2.26. The minimum atomic E-state index is 0.0558. The van der Waals surface area contributed by atoms with Crippen LogP contribution in [0.3, 0.4) is 0 Å². The number of hydrogen-bond donors (Lipinski definition) is 1. The first-order chi connectivity index (χ1) is 7.61. The fraction of sp³-hybridized carbons (Fsp3) is 0.538. The molecule has 90 valence electrons. The smallest absolute Gasteiger partial charge is 0.119 e. The van der Waals surface area contributed by atoms with Crippen molar-refractivity contribution in [1.29, 1.82) is 0 Å². The van der Waals surface area contributed by atoms with E-state index >= 15 is 0 Å². The number of hydrogen-bond acceptors (Lipinski definition) is 3. The molecule has 0 spiro atoms. The van der Waals surface area contributed by atoms with Crippen LogP contribution in [0.25, 0.3) is 0 Å². The molecule has 0 radical (unpaired) electrons. The van der Waals surface area contributed by atoms with Crippen LogP contribution in [0.2, 0.25) is 0 Å². The van der Waals surface area contributed by atoms with Crippen molar-refractivity contribution < 1.29 is 4.74 Å². The molecule has 0 bridgehead atoms. The molecule has 3 heteroatoms. The third-order valence-electron chi connectivity index (χ3n) is 2.37. The number of aryl methyl sites for hydroxylation is 1. The minimum absolute atomic E-state index is 0.0558. The first kappa shape index (κ1) is 13.0. The largest absolute Gasteiger partial charge is 0.492 e. The van der Waals surface area contributed by atoms with E-state index in [1.807, 2.05) is 26.2 Å².